The van der Waals surface area contributed by atoms with Gasteiger partial charge in [-0.3, -0.25) is 0 Å². The van der Waals surface area contributed by atoms with E-state index in [1.165, 1.54) is 6.07 Å². The van der Waals surface area contributed by atoms with E-state index >= 15 is 0 Å². The normalized spacial score (nSPS) is 12.4. The van der Waals surface area contributed by atoms with Crippen molar-refractivity contribution < 1.29 is 13.9 Å². The zero-order chi connectivity index (χ0) is 14.5. The van der Waals surface area contributed by atoms with Crippen molar-refractivity contribution >= 4 is 11.6 Å². The molecule has 2 nitrogen and oxygen atoms in total. The highest BCUT2D eigenvalue weighted by Crippen LogP contribution is 2.17. The highest BCUT2D eigenvalue weighted by Gasteiger charge is 2.10. The predicted octanol–water partition coefficient (Wildman–Crippen LogP) is 3.44. The van der Waals surface area contributed by atoms with Crippen LogP contribution in [0.15, 0.2) is 42.5 Å². The Morgan fingerprint density at radius 2 is 1.85 bits per heavy atom. The van der Waals surface area contributed by atoms with Crippen LogP contribution in [0.25, 0.3) is 0 Å². The third kappa shape index (κ3) is 3.76. The van der Waals surface area contributed by atoms with Gasteiger partial charge in [0, 0.05) is 18.1 Å². The molecule has 5 heteroatoms. The molecule has 2 N–H and O–H groups in total. The van der Waals surface area contributed by atoms with E-state index in [4.69, 9.17) is 11.6 Å². The number of hydrogen-bond acceptors (Lipinski definition) is 2. The molecular weight excluding hydrogens is 284 g/mol. The number of rotatable bonds is 5. The van der Waals surface area contributed by atoms with Crippen molar-refractivity contribution in [1.29, 1.82) is 0 Å². The maximum atomic E-state index is 13.1. The van der Waals surface area contributed by atoms with Crippen LogP contribution < -0.4 is 5.32 Å². The van der Waals surface area contributed by atoms with Crippen molar-refractivity contribution in [1.82, 2.24) is 5.32 Å². The van der Waals surface area contributed by atoms with Gasteiger partial charge in [-0.15, -0.1) is 0 Å². The van der Waals surface area contributed by atoms with Crippen molar-refractivity contribution in [3.8, 4) is 0 Å². The molecule has 106 valence electrons. The van der Waals surface area contributed by atoms with Crippen LogP contribution in [-0.4, -0.2) is 11.7 Å². The predicted molar refractivity (Wildman–Crippen MR) is 74.5 cm³/mol. The number of benzene rings is 2. The number of hydrogen-bond donors (Lipinski definition) is 2. The lowest BCUT2D eigenvalue weighted by atomic mass is 10.1. The third-order valence-corrected chi connectivity index (χ3v) is 3.31. The number of aliphatic hydroxyl groups excluding tert-OH is 1. The monoisotopic (exact) mass is 297 g/mol. The summed E-state index contributed by atoms with van der Waals surface area (Å²) >= 11 is 6.00. The Labute approximate surface area is 121 Å². The van der Waals surface area contributed by atoms with Crippen LogP contribution >= 0.6 is 11.6 Å². The summed E-state index contributed by atoms with van der Waals surface area (Å²) < 4.78 is 25.8. The highest BCUT2D eigenvalue weighted by atomic mass is 35.5. The van der Waals surface area contributed by atoms with Crippen molar-refractivity contribution in [3.63, 3.8) is 0 Å². The minimum absolute atomic E-state index is 0.219. The second kappa shape index (κ2) is 6.79. The Balaban J connectivity index is 1.90. The second-order valence-electron chi connectivity index (χ2n) is 4.41. The Morgan fingerprint density at radius 3 is 2.55 bits per heavy atom. The molecule has 0 heterocycles. The SMILES string of the molecule is O[C@@H](CNCc1ccccc1Cl)c1ccc(F)c(F)c1. The molecule has 0 aromatic heterocycles. The summed E-state index contributed by atoms with van der Waals surface area (Å²) in [5.41, 5.74) is 1.24. The van der Waals surface area contributed by atoms with E-state index < -0.39 is 17.7 Å². The van der Waals surface area contributed by atoms with Gasteiger partial charge in [-0.25, -0.2) is 8.78 Å². The molecule has 0 aliphatic rings. The van der Waals surface area contributed by atoms with Crippen LogP contribution in [0.5, 0.6) is 0 Å². The summed E-state index contributed by atoms with van der Waals surface area (Å²) in [6.07, 6.45) is -0.910. The van der Waals surface area contributed by atoms with Crippen LogP contribution in [-0.2, 0) is 6.54 Å². The van der Waals surface area contributed by atoms with E-state index in [9.17, 15) is 13.9 Å². The fourth-order valence-electron chi connectivity index (χ4n) is 1.82. The van der Waals surface area contributed by atoms with E-state index in [2.05, 4.69) is 5.32 Å². The Bertz CT molecular complexity index is 592. The fraction of sp³-hybridized carbons (Fsp3) is 0.200. The van der Waals surface area contributed by atoms with E-state index in [0.29, 0.717) is 17.1 Å². The van der Waals surface area contributed by atoms with Crippen molar-refractivity contribution in [2.45, 2.75) is 12.6 Å². The molecule has 0 amide bonds. The lowest BCUT2D eigenvalue weighted by molar-refractivity contribution is 0.173. The van der Waals surface area contributed by atoms with E-state index in [1.807, 2.05) is 18.2 Å². The van der Waals surface area contributed by atoms with Gasteiger partial charge in [-0.2, -0.15) is 0 Å². The lowest BCUT2D eigenvalue weighted by Crippen LogP contribution is -2.21. The van der Waals surface area contributed by atoms with Gasteiger partial charge in [0.2, 0.25) is 0 Å². The molecule has 0 spiro atoms. The summed E-state index contributed by atoms with van der Waals surface area (Å²) in [6, 6.07) is 10.7. The van der Waals surface area contributed by atoms with Crippen LogP contribution in [0.1, 0.15) is 17.2 Å². The topological polar surface area (TPSA) is 32.3 Å². The van der Waals surface area contributed by atoms with Crippen LogP contribution in [0.3, 0.4) is 0 Å². The summed E-state index contributed by atoms with van der Waals surface area (Å²) in [5, 5.41) is 13.6. The standard InChI is InChI=1S/C15H14ClF2NO/c16-12-4-2-1-3-11(12)8-19-9-15(20)10-5-6-13(17)14(18)7-10/h1-7,15,19-20H,8-9H2/t15-/m0/s1. The van der Waals surface area contributed by atoms with E-state index in [0.717, 1.165) is 17.7 Å². The van der Waals surface area contributed by atoms with Crippen molar-refractivity contribution in [2.24, 2.45) is 0 Å². The largest absolute Gasteiger partial charge is 0.387 e. The first-order valence-electron chi connectivity index (χ1n) is 6.15. The molecule has 2 aromatic rings. The van der Waals surface area contributed by atoms with Gasteiger partial charge in [0.25, 0.3) is 0 Å². The van der Waals surface area contributed by atoms with Crippen LogP contribution in [0.4, 0.5) is 8.78 Å². The molecule has 20 heavy (non-hydrogen) atoms. The summed E-state index contributed by atoms with van der Waals surface area (Å²) in [6.45, 7) is 0.705. The van der Waals surface area contributed by atoms with Crippen LogP contribution in [0.2, 0.25) is 5.02 Å². The molecule has 0 saturated carbocycles. The van der Waals surface area contributed by atoms with Crippen LogP contribution in [0, 0.1) is 11.6 Å². The number of aliphatic hydroxyl groups is 1. The molecule has 1 atom stereocenters. The molecule has 2 aromatic carbocycles. The smallest absolute Gasteiger partial charge is 0.159 e. The van der Waals surface area contributed by atoms with E-state index in [-0.39, 0.29) is 6.54 Å². The Morgan fingerprint density at radius 1 is 1.10 bits per heavy atom. The number of nitrogens with one attached hydrogen (secondary N) is 1. The fourth-order valence-corrected chi connectivity index (χ4v) is 2.03. The minimum atomic E-state index is -0.965. The first kappa shape index (κ1) is 14.9. The molecule has 2 rings (SSSR count). The Hall–Kier alpha value is -1.49. The molecular formula is C15H14ClF2NO. The average molecular weight is 298 g/mol. The summed E-state index contributed by atoms with van der Waals surface area (Å²) in [7, 11) is 0. The maximum Gasteiger partial charge on any atom is 0.159 e. The van der Waals surface area contributed by atoms with Gasteiger partial charge in [0.05, 0.1) is 6.10 Å². The summed E-state index contributed by atoms with van der Waals surface area (Å²) in [5.74, 6) is -1.89. The van der Waals surface area contributed by atoms with Gasteiger partial charge in [-0.05, 0) is 29.3 Å². The molecule has 0 bridgehead atoms. The quantitative estimate of drug-likeness (QED) is 0.886. The Kier molecular flexibility index (Phi) is 5.06. The van der Waals surface area contributed by atoms with Crippen molar-refractivity contribution in [3.05, 3.63) is 70.2 Å². The lowest BCUT2D eigenvalue weighted by Gasteiger charge is -2.13. The van der Waals surface area contributed by atoms with Gasteiger partial charge in [0.15, 0.2) is 11.6 Å². The minimum Gasteiger partial charge on any atom is -0.387 e. The van der Waals surface area contributed by atoms with Gasteiger partial charge in [-0.1, -0.05) is 35.9 Å². The average Bonchev–Trinajstić information content (AvgIpc) is 2.44. The van der Waals surface area contributed by atoms with Gasteiger partial charge < -0.3 is 10.4 Å². The molecule has 0 aliphatic heterocycles. The second-order valence-corrected chi connectivity index (χ2v) is 4.82. The van der Waals surface area contributed by atoms with Gasteiger partial charge in [0.1, 0.15) is 0 Å². The molecule has 0 unspecified atom stereocenters. The first-order chi connectivity index (χ1) is 9.58. The molecule has 0 aliphatic carbocycles. The first-order valence-corrected chi connectivity index (χ1v) is 6.53. The van der Waals surface area contributed by atoms with E-state index in [1.54, 1.807) is 6.07 Å². The zero-order valence-electron chi connectivity index (χ0n) is 10.6. The van der Waals surface area contributed by atoms with Crippen molar-refractivity contribution in [2.75, 3.05) is 6.54 Å². The zero-order valence-corrected chi connectivity index (χ0v) is 11.4. The molecule has 0 radical (unpaired) electrons. The number of halogens is 3. The molecule has 0 fully saturated rings. The highest BCUT2D eigenvalue weighted by molar-refractivity contribution is 6.31. The summed E-state index contributed by atoms with van der Waals surface area (Å²) in [4.78, 5) is 0. The van der Waals surface area contributed by atoms with Gasteiger partial charge >= 0.3 is 0 Å². The third-order valence-electron chi connectivity index (χ3n) is 2.94. The maximum absolute atomic E-state index is 13.1. The molecule has 0 saturated heterocycles.